The molecule has 1 aliphatic rings. The summed E-state index contributed by atoms with van der Waals surface area (Å²) in [6.45, 7) is 0. The second-order valence-corrected chi connectivity index (χ2v) is 12.3. The molecule has 0 saturated heterocycles. The molecule has 2 heterocycles. The van der Waals surface area contributed by atoms with Crippen molar-refractivity contribution in [3.05, 3.63) is 28.8 Å². The molecule has 2 aromatic rings. The Morgan fingerprint density at radius 3 is 2.61 bits per heavy atom. The highest BCUT2D eigenvalue weighted by Crippen LogP contribution is 2.69. The minimum Gasteiger partial charge on any atom is -0.369 e. The van der Waals surface area contributed by atoms with Gasteiger partial charge in [-0.25, -0.2) is 13.7 Å². The molecule has 0 aliphatic heterocycles. The Bertz CT molecular complexity index is 1220. The van der Waals surface area contributed by atoms with E-state index in [9.17, 15) is 32.7 Å². The number of nitrogens with zero attached hydrogens (tertiary/aromatic N) is 3. The van der Waals surface area contributed by atoms with Gasteiger partial charge in [0.15, 0.2) is 11.2 Å². The van der Waals surface area contributed by atoms with Crippen LogP contribution in [0.2, 0.25) is 0 Å². The lowest BCUT2D eigenvalue weighted by atomic mass is 10.2. The number of hydrogen-bond donors (Lipinski definition) is 6. The van der Waals surface area contributed by atoms with E-state index in [1.54, 1.807) is 6.08 Å². The predicted octanol–water partition coefficient (Wildman–Crippen LogP) is 0.364. The van der Waals surface area contributed by atoms with Gasteiger partial charge in [0.2, 0.25) is 5.95 Å². The van der Waals surface area contributed by atoms with Crippen molar-refractivity contribution in [1.82, 2.24) is 19.5 Å². The lowest BCUT2D eigenvalue weighted by molar-refractivity contribution is 0.102. The van der Waals surface area contributed by atoms with Crippen LogP contribution >= 0.6 is 22.8 Å². The first-order valence-electron chi connectivity index (χ1n) is 8.27. The number of alkyl halides is 1. The summed E-state index contributed by atoms with van der Waals surface area (Å²) in [4.78, 5) is 58.3. The number of allylic oxidation sites excluding steroid dienone is 1. The number of ether oxygens (including phenoxy) is 1. The lowest BCUT2D eigenvalue weighted by Crippen LogP contribution is -2.15. The highest BCUT2D eigenvalue weighted by atomic mass is 31.3. The molecular weight excluding hydrogens is 486 g/mol. The molecule has 3 rings (SSSR count). The van der Waals surface area contributed by atoms with Crippen molar-refractivity contribution in [2.45, 2.75) is 24.2 Å². The van der Waals surface area contributed by atoms with Gasteiger partial charge >= 0.3 is 22.8 Å². The Labute approximate surface area is 172 Å². The molecule has 7 N–H and O–H groups in total. The Morgan fingerprint density at radius 1 is 1.29 bits per heavy atom. The molecule has 0 aromatic carbocycles. The molecule has 19 heteroatoms. The first-order chi connectivity index (χ1) is 14.2. The minimum atomic E-state index is -5.78. The van der Waals surface area contributed by atoms with Crippen LogP contribution in [0.15, 0.2) is 23.3 Å². The third-order valence-corrected chi connectivity index (χ3v) is 9.38. The summed E-state index contributed by atoms with van der Waals surface area (Å²) in [5, 5.41) is 0. The number of hydrogen-bond acceptors (Lipinski definition) is 9. The van der Waals surface area contributed by atoms with Crippen molar-refractivity contribution < 1.29 is 46.7 Å². The number of aromatic amines is 1. The molecule has 172 valence electrons. The number of nitrogens with one attached hydrogen (secondary N) is 1. The maximum atomic E-state index is 13.4. The summed E-state index contributed by atoms with van der Waals surface area (Å²) in [5.74, 6) is -0.123. The van der Waals surface area contributed by atoms with Crippen molar-refractivity contribution in [2.24, 2.45) is 0 Å². The van der Waals surface area contributed by atoms with E-state index in [2.05, 4.69) is 19.3 Å². The number of anilines is 1. The Morgan fingerprint density at radius 2 is 1.97 bits per heavy atom. The summed E-state index contributed by atoms with van der Waals surface area (Å²) >= 11 is 0. The summed E-state index contributed by atoms with van der Waals surface area (Å²) in [7, 11) is -16.6. The van der Waals surface area contributed by atoms with Crippen molar-refractivity contribution in [1.29, 1.82) is 0 Å². The first kappa shape index (κ1) is 23.9. The van der Waals surface area contributed by atoms with Gasteiger partial charge in [-0.2, -0.15) is 4.98 Å². The third kappa shape index (κ3) is 5.37. The normalized spacial score (nSPS) is 24.2. The van der Waals surface area contributed by atoms with E-state index in [1.807, 2.05) is 0 Å². The number of halogens is 1. The molecule has 5 atom stereocenters. The van der Waals surface area contributed by atoms with Crippen LogP contribution in [0.4, 0.5) is 10.3 Å². The van der Waals surface area contributed by atoms with E-state index in [4.69, 9.17) is 20.3 Å². The number of fused-ring (bicyclic) bond motifs is 1. The molecule has 3 unspecified atom stereocenters. The predicted molar refractivity (Wildman–Crippen MR) is 103 cm³/mol. The van der Waals surface area contributed by atoms with Crippen LogP contribution in [0.3, 0.4) is 0 Å². The quantitative estimate of drug-likeness (QED) is 0.211. The number of imidazole rings is 1. The van der Waals surface area contributed by atoms with Gasteiger partial charge in [0.25, 0.3) is 11.2 Å². The van der Waals surface area contributed by atoms with E-state index in [-0.39, 0.29) is 23.5 Å². The smallest absolute Gasteiger partial charge is 0.369 e. The lowest BCUT2D eigenvalue weighted by Gasteiger charge is -2.21. The van der Waals surface area contributed by atoms with Crippen LogP contribution in [0.5, 0.6) is 0 Å². The second kappa shape index (κ2) is 8.32. The first-order valence-corrected chi connectivity index (χ1v) is 13.4. The molecule has 31 heavy (non-hydrogen) atoms. The van der Waals surface area contributed by atoms with Gasteiger partial charge in [-0.15, -0.1) is 0 Å². The van der Waals surface area contributed by atoms with Crippen LogP contribution in [-0.2, 0) is 22.7 Å². The standard InChI is InChI=1S/C12H17FN5O10P3/c13-11(30(22,23)24)31(25,26)28-29(20,21)5-27-7-2-1-6(3-7)18-4-15-8-9(18)16-12(14)17-10(8)19/h1-2,4,6-7,11H,3,5H2,(H,20,21)(H,25,26)(H2,22,23,24)(H3,14,16,17,19)/t6-,7+,11?/m1/s1. The average Bonchev–Trinajstić information content (AvgIpc) is 3.24. The van der Waals surface area contributed by atoms with Crippen LogP contribution < -0.4 is 11.3 Å². The van der Waals surface area contributed by atoms with Gasteiger partial charge in [-0.05, 0) is 0 Å². The molecule has 0 fully saturated rings. The fraction of sp³-hybridized carbons (Fsp3) is 0.417. The molecule has 0 spiro atoms. The van der Waals surface area contributed by atoms with Crippen LogP contribution in [-0.4, -0.2) is 57.2 Å². The van der Waals surface area contributed by atoms with E-state index < -0.39 is 52.5 Å². The van der Waals surface area contributed by atoms with Gasteiger partial charge in [0.1, 0.15) is 6.35 Å². The zero-order valence-corrected chi connectivity index (χ0v) is 17.9. The number of nitrogen functional groups attached to an aromatic ring is 1. The fourth-order valence-corrected chi connectivity index (χ4v) is 7.03. The van der Waals surface area contributed by atoms with E-state index in [1.165, 1.54) is 17.0 Å². The number of aromatic nitrogens is 4. The molecule has 0 bridgehead atoms. The van der Waals surface area contributed by atoms with E-state index in [0.29, 0.717) is 0 Å². The second-order valence-electron chi connectivity index (χ2n) is 6.48. The summed E-state index contributed by atoms with van der Waals surface area (Å²) in [5.41, 5.74) is 1.55. The van der Waals surface area contributed by atoms with Crippen LogP contribution in [0.1, 0.15) is 12.5 Å². The van der Waals surface area contributed by atoms with Gasteiger partial charge < -0.3 is 34.6 Å². The van der Waals surface area contributed by atoms with E-state index in [0.717, 1.165) is 0 Å². The number of rotatable bonds is 8. The van der Waals surface area contributed by atoms with Gasteiger partial charge in [0, 0.05) is 6.42 Å². The van der Waals surface area contributed by atoms with Gasteiger partial charge in [0.05, 0.1) is 18.5 Å². The maximum absolute atomic E-state index is 13.4. The van der Waals surface area contributed by atoms with Crippen molar-refractivity contribution >= 4 is 39.9 Å². The summed E-state index contributed by atoms with van der Waals surface area (Å²) < 4.78 is 58.2. The molecular formula is C12H17FN5O10P3. The Balaban J connectivity index is 1.64. The Hall–Kier alpha value is -1.73. The molecule has 15 nitrogen and oxygen atoms in total. The fourth-order valence-electron chi connectivity index (χ4n) is 2.79. The number of H-pyrrole nitrogens is 1. The monoisotopic (exact) mass is 503 g/mol. The largest absolute Gasteiger partial charge is 0.381 e. The zero-order chi connectivity index (χ0) is 23.2. The Kier molecular flexibility index (Phi) is 6.42. The SMILES string of the molecule is Nc1nc2c(ncn2[C@@H]2C=C[C@H](OCP(=O)(O)OP(=O)(O)C(F)P(=O)(O)O)C2)c(=O)[nH]1. The van der Waals surface area contributed by atoms with Crippen LogP contribution in [0.25, 0.3) is 11.2 Å². The van der Waals surface area contributed by atoms with Crippen molar-refractivity contribution in [2.75, 3.05) is 12.1 Å². The summed E-state index contributed by atoms with van der Waals surface area (Å²) in [6, 6.07) is -0.434. The molecule has 0 amide bonds. The number of nitrogens with two attached hydrogens (primary N) is 1. The average molecular weight is 503 g/mol. The molecule has 0 radical (unpaired) electrons. The summed E-state index contributed by atoms with van der Waals surface area (Å²) in [6.07, 6.45) is 2.66. The van der Waals surface area contributed by atoms with Crippen molar-refractivity contribution in [3.63, 3.8) is 0 Å². The minimum absolute atomic E-state index is 0.0461. The van der Waals surface area contributed by atoms with Gasteiger partial charge in [-0.3, -0.25) is 23.5 Å². The third-order valence-electron chi connectivity index (χ3n) is 4.07. The molecule has 2 aromatic heterocycles. The topological polar surface area (TPSA) is 240 Å². The van der Waals surface area contributed by atoms with Crippen molar-refractivity contribution in [3.8, 4) is 0 Å². The zero-order valence-electron chi connectivity index (χ0n) is 15.3. The maximum Gasteiger partial charge on any atom is 0.381 e. The highest BCUT2D eigenvalue weighted by molar-refractivity contribution is 7.75. The molecule has 1 aliphatic carbocycles. The van der Waals surface area contributed by atoms with Gasteiger partial charge in [-0.1, -0.05) is 12.2 Å². The highest BCUT2D eigenvalue weighted by Gasteiger charge is 2.50. The molecule has 0 saturated carbocycles. The van der Waals surface area contributed by atoms with Crippen LogP contribution in [0, 0.1) is 0 Å². The van der Waals surface area contributed by atoms with E-state index >= 15 is 0 Å².